The van der Waals surface area contributed by atoms with E-state index < -0.39 is 21.2 Å². The SMILES string of the molecule is Cc1c(N=Nc2c(N)ccc3nn[nH]c23)cc([N+](=O)[O-])cc1[N+](=O)[O-]. The average Bonchev–Trinajstić information content (AvgIpc) is 3.03. The molecule has 0 aliphatic rings. The van der Waals surface area contributed by atoms with Crippen LogP contribution in [0.4, 0.5) is 28.4 Å². The highest BCUT2D eigenvalue weighted by molar-refractivity contribution is 5.92. The van der Waals surface area contributed by atoms with Crippen molar-refractivity contribution in [2.45, 2.75) is 6.92 Å². The fourth-order valence-corrected chi connectivity index (χ4v) is 2.20. The molecule has 0 saturated carbocycles. The molecule has 0 amide bonds. The zero-order chi connectivity index (χ0) is 18.1. The molecule has 1 aromatic heterocycles. The largest absolute Gasteiger partial charge is 0.397 e. The van der Waals surface area contributed by atoms with E-state index in [1.807, 2.05) is 0 Å². The minimum absolute atomic E-state index is 0.00947. The molecule has 12 nitrogen and oxygen atoms in total. The topological polar surface area (TPSA) is 179 Å². The fraction of sp³-hybridized carbons (Fsp3) is 0.0769. The third-order valence-electron chi connectivity index (χ3n) is 3.51. The molecule has 3 N–H and O–H groups in total. The first-order valence-electron chi connectivity index (χ1n) is 6.83. The number of azo groups is 1. The van der Waals surface area contributed by atoms with E-state index in [1.54, 1.807) is 12.1 Å². The molecule has 12 heteroatoms. The summed E-state index contributed by atoms with van der Waals surface area (Å²) in [6, 6.07) is 5.17. The molecule has 0 aliphatic carbocycles. The number of hydrogen-bond donors (Lipinski definition) is 2. The summed E-state index contributed by atoms with van der Waals surface area (Å²) >= 11 is 0. The second-order valence-electron chi connectivity index (χ2n) is 5.03. The summed E-state index contributed by atoms with van der Waals surface area (Å²) in [5, 5.41) is 40.1. The summed E-state index contributed by atoms with van der Waals surface area (Å²) in [6.07, 6.45) is 0. The molecule has 0 aliphatic heterocycles. The summed E-state index contributed by atoms with van der Waals surface area (Å²) in [5.74, 6) is 0. The van der Waals surface area contributed by atoms with E-state index in [2.05, 4.69) is 25.6 Å². The van der Waals surface area contributed by atoms with Gasteiger partial charge in [0.05, 0.1) is 27.2 Å². The minimum Gasteiger partial charge on any atom is -0.397 e. The molecular formula is C13H10N8O4. The predicted octanol–water partition coefficient (Wildman–Crippen LogP) is 3.08. The van der Waals surface area contributed by atoms with Crippen LogP contribution in [0, 0.1) is 27.2 Å². The number of aromatic amines is 1. The number of nitrogens with two attached hydrogens (primary N) is 1. The van der Waals surface area contributed by atoms with Crippen LogP contribution in [0.3, 0.4) is 0 Å². The smallest absolute Gasteiger partial charge is 0.281 e. The Balaban J connectivity index is 2.15. The molecule has 126 valence electrons. The number of non-ortho nitro benzene ring substituents is 1. The van der Waals surface area contributed by atoms with Crippen LogP contribution in [0.15, 0.2) is 34.5 Å². The van der Waals surface area contributed by atoms with Gasteiger partial charge in [0.2, 0.25) is 0 Å². The molecule has 3 aromatic rings. The Morgan fingerprint density at radius 3 is 2.60 bits per heavy atom. The average molecular weight is 342 g/mol. The van der Waals surface area contributed by atoms with Crippen molar-refractivity contribution in [2.75, 3.05) is 5.73 Å². The van der Waals surface area contributed by atoms with Crippen molar-refractivity contribution < 1.29 is 9.85 Å². The van der Waals surface area contributed by atoms with Gasteiger partial charge in [-0.2, -0.15) is 0 Å². The number of anilines is 1. The lowest BCUT2D eigenvalue weighted by atomic mass is 10.1. The summed E-state index contributed by atoms with van der Waals surface area (Å²) in [5.41, 5.74) is 6.56. The normalized spacial score (nSPS) is 11.2. The lowest BCUT2D eigenvalue weighted by Gasteiger charge is -2.02. The number of benzene rings is 2. The Morgan fingerprint density at radius 2 is 1.92 bits per heavy atom. The minimum atomic E-state index is -0.737. The van der Waals surface area contributed by atoms with Gasteiger partial charge in [-0.3, -0.25) is 25.3 Å². The number of nitro groups is 2. The maximum atomic E-state index is 11.1. The maximum absolute atomic E-state index is 11.1. The third-order valence-corrected chi connectivity index (χ3v) is 3.51. The van der Waals surface area contributed by atoms with Gasteiger partial charge in [0.25, 0.3) is 11.4 Å². The van der Waals surface area contributed by atoms with Crippen LogP contribution in [0.5, 0.6) is 0 Å². The van der Waals surface area contributed by atoms with Crippen LogP contribution >= 0.6 is 0 Å². The molecule has 0 bridgehead atoms. The Labute approximate surface area is 138 Å². The molecule has 0 fully saturated rings. The van der Waals surface area contributed by atoms with Crippen molar-refractivity contribution in [3.63, 3.8) is 0 Å². The lowest BCUT2D eigenvalue weighted by Crippen LogP contribution is -1.95. The summed E-state index contributed by atoms with van der Waals surface area (Å²) in [4.78, 5) is 20.6. The summed E-state index contributed by atoms with van der Waals surface area (Å²) < 4.78 is 0. The Hall–Kier alpha value is -3.96. The van der Waals surface area contributed by atoms with Crippen molar-refractivity contribution in [3.05, 3.63) is 50.1 Å². The van der Waals surface area contributed by atoms with Crippen molar-refractivity contribution in [2.24, 2.45) is 10.2 Å². The van der Waals surface area contributed by atoms with Crippen molar-refractivity contribution in [1.82, 2.24) is 15.4 Å². The van der Waals surface area contributed by atoms with E-state index in [-0.39, 0.29) is 22.6 Å². The molecule has 3 rings (SSSR count). The van der Waals surface area contributed by atoms with E-state index in [0.717, 1.165) is 12.1 Å². The van der Waals surface area contributed by atoms with E-state index in [4.69, 9.17) is 5.73 Å². The van der Waals surface area contributed by atoms with Gasteiger partial charge in [-0.1, -0.05) is 5.21 Å². The Morgan fingerprint density at radius 1 is 1.16 bits per heavy atom. The third kappa shape index (κ3) is 2.83. The lowest BCUT2D eigenvalue weighted by molar-refractivity contribution is -0.394. The number of nitrogens with one attached hydrogen (secondary N) is 1. The summed E-state index contributed by atoms with van der Waals surface area (Å²) in [7, 11) is 0. The van der Waals surface area contributed by atoms with Crippen LogP contribution in [0.1, 0.15) is 5.56 Å². The molecule has 0 radical (unpaired) electrons. The van der Waals surface area contributed by atoms with Gasteiger partial charge in [-0.05, 0) is 19.1 Å². The highest BCUT2D eigenvalue weighted by Gasteiger charge is 2.21. The zero-order valence-electron chi connectivity index (χ0n) is 12.7. The Kier molecular flexibility index (Phi) is 3.77. The number of nitrogen functional groups attached to an aromatic ring is 1. The predicted molar refractivity (Wildman–Crippen MR) is 87.0 cm³/mol. The Bertz CT molecular complexity index is 1040. The number of hydrogen-bond acceptors (Lipinski definition) is 9. The number of nitro benzene ring substituents is 2. The fourth-order valence-electron chi connectivity index (χ4n) is 2.20. The van der Waals surface area contributed by atoms with Crippen molar-refractivity contribution in [3.8, 4) is 0 Å². The molecule has 0 spiro atoms. The number of fused-ring (bicyclic) bond motifs is 1. The first-order chi connectivity index (χ1) is 11.9. The first kappa shape index (κ1) is 15.9. The molecule has 2 aromatic carbocycles. The van der Waals surface area contributed by atoms with Crippen LogP contribution in [0.25, 0.3) is 11.0 Å². The van der Waals surface area contributed by atoms with Gasteiger partial charge in [-0.25, -0.2) is 0 Å². The molecule has 1 heterocycles. The number of aromatic nitrogens is 3. The van der Waals surface area contributed by atoms with E-state index in [9.17, 15) is 20.2 Å². The molecule has 25 heavy (non-hydrogen) atoms. The van der Waals surface area contributed by atoms with Crippen molar-refractivity contribution in [1.29, 1.82) is 0 Å². The van der Waals surface area contributed by atoms with Gasteiger partial charge in [-0.15, -0.1) is 15.3 Å². The van der Waals surface area contributed by atoms with E-state index in [0.29, 0.717) is 11.0 Å². The van der Waals surface area contributed by atoms with Gasteiger partial charge in [0.1, 0.15) is 22.4 Å². The van der Waals surface area contributed by atoms with E-state index in [1.165, 1.54) is 6.92 Å². The molecule has 0 unspecified atom stereocenters. The quantitative estimate of drug-likeness (QED) is 0.316. The van der Waals surface area contributed by atoms with E-state index >= 15 is 0 Å². The highest BCUT2D eigenvalue weighted by atomic mass is 16.6. The molecular weight excluding hydrogens is 332 g/mol. The number of nitrogens with zero attached hydrogens (tertiary/aromatic N) is 6. The van der Waals surface area contributed by atoms with Crippen molar-refractivity contribution >= 4 is 39.5 Å². The standard InChI is InChI=1S/C13H10N8O4/c1-6-10(4-7(20(22)23)5-11(6)21(24)25)15-17-12-8(14)2-3-9-13(12)18-19-16-9/h2-5H,14H2,1H3,(H,16,18,19). The first-order valence-corrected chi connectivity index (χ1v) is 6.83. The van der Waals surface area contributed by atoms with Crippen LogP contribution in [-0.2, 0) is 0 Å². The van der Waals surface area contributed by atoms with Crippen LogP contribution < -0.4 is 5.73 Å². The van der Waals surface area contributed by atoms with Gasteiger partial charge >= 0.3 is 0 Å². The highest BCUT2D eigenvalue weighted by Crippen LogP contribution is 2.36. The van der Waals surface area contributed by atoms with Crippen LogP contribution in [-0.4, -0.2) is 25.3 Å². The second kappa shape index (κ2) is 5.92. The van der Waals surface area contributed by atoms with Crippen LogP contribution in [0.2, 0.25) is 0 Å². The second-order valence-corrected chi connectivity index (χ2v) is 5.03. The number of rotatable bonds is 4. The maximum Gasteiger partial charge on any atom is 0.281 e. The van der Waals surface area contributed by atoms with Gasteiger partial charge in [0, 0.05) is 6.07 Å². The summed E-state index contributed by atoms with van der Waals surface area (Å²) in [6.45, 7) is 1.43. The number of H-pyrrole nitrogens is 1. The molecule has 0 saturated heterocycles. The van der Waals surface area contributed by atoms with Gasteiger partial charge in [0.15, 0.2) is 0 Å². The zero-order valence-corrected chi connectivity index (χ0v) is 12.7. The monoisotopic (exact) mass is 342 g/mol. The molecule has 0 atom stereocenters. The van der Waals surface area contributed by atoms with Gasteiger partial charge < -0.3 is 5.73 Å².